The van der Waals surface area contributed by atoms with Crippen LogP contribution < -0.4 is 0 Å². The van der Waals surface area contributed by atoms with Crippen molar-refractivity contribution < 1.29 is 4.79 Å². The fraction of sp³-hybridized carbons (Fsp3) is 0.727. The highest BCUT2D eigenvalue weighted by molar-refractivity contribution is 5.82. The molecule has 0 radical (unpaired) electrons. The molecule has 2 aliphatic heterocycles. The van der Waals surface area contributed by atoms with Gasteiger partial charge in [0.15, 0.2) is 0 Å². The summed E-state index contributed by atoms with van der Waals surface area (Å²) >= 11 is 0. The smallest absolute Gasteiger partial charge is 0.226 e. The van der Waals surface area contributed by atoms with E-state index in [-0.39, 0.29) is 5.92 Å². The summed E-state index contributed by atoms with van der Waals surface area (Å²) < 4.78 is 0. The highest BCUT2D eigenvalue weighted by Crippen LogP contribution is 2.38. The van der Waals surface area contributed by atoms with Gasteiger partial charge >= 0.3 is 0 Å². The van der Waals surface area contributed by atoms with E-state index < -0.39 is 0 Å². The maximum atomic E-state index is 11.8. The maximum absolute atomic E-state index is 11.8. The van der Waals surface area contributed by atoms with Gasteiger partial charge in [0.25, 0.3) is 0 Å². The Morgan fingerprint density at radius 2 is 2.15 bits per heavy atom. The van der Waals surface area contributed by atoms with Crippen molar-refractivity contribution in [2.24, 2.45) is 11.8 Å². The minimum Gasteiger partial charge on any atom is -0.335 e. The topological polar surface area (TPSA) is 20.3 Å². The molecule has 0 aromatic heterocycles. The first-order valence-corrected chi connectivity index (χ1v) is 5.09. The highest BCUT2D eigenvalue weighted by Gasteiger charge is 2.46. The van der Waals surface area contributed by atoms with Crippen molar-refractivity contribution in [2.45, 2.75) is 33.2 Å². The number of amides is 1. The highest BCUT2D eigenvalue weighted by atomic mass is 16.2. The summed E-state index contributed by atoms with van der Waals surface area (Å²) in [5.74, 6) is 1.13. The number of fused-ring (bicyclic) bond motifs is 1. The second kappa shape index (κ2) is 2.86. The molecule has 0 aromatic rings. The Balaban J connectivity index is 2.23. The van der Waals surface area contributed by atoms with Crippen LogP contribution in [0.15, 0.2) is 11.6 Å². The molecule has 2 saturated heterocycles. The summed E-state index contributed by atoms with van der Waals surface area (Å²) in [6, 6.07) is 0.494. The van der Waals surface area contributed by atoms with Crippen LogP contribution in [0.2, 0.25) is 0 Å². The summed E-state index contributed by atoms with van der Waals surface area (Å²) in [5.41, 5.74) is 1.43. The van der Waals surface area contributed by atoms with E-state index >= 15 is 0 Å². The fourth-order valence-corrected chi connectivity index (χ4v) is 2.52. The molecular formula is C11H17NO. The van der Waals surface area contributed by atoms with E-state index in [0.29, 0.717) is 17.9 Å². The van der Waals surface area contributed by atoms with Gasteiger partial charge in [0.05, 0.1) is 0 Å². The van der Waals surface area contributed by atoms with Crippen molar-refractivity contribution in [1.29, 1.82) is 0 Å². The van der Waals surface area contributed by atoms with E-state index in [4.69, 9.17) is 0 Å². The average molecular weight is 179 g/mol. The minimum absolute atomic E-state index is 0.239. The Bertz CT molecular complexity index is 269. The first kappa shape index (κ1) is 8.79. The lowest BCUT2D eigenvalue weighted by molar-refractivity contribution is -0.130. The number of hydrogen-bond donors (Lipinski definition) is 0. The molecule has 0 aromatic carbocycles. The van der Waals surface area contributed by atoms with E-state index in [2.05, 4.69) is 31.7 Å². The van der Waals surface area contributed by atoms with Crippen molar-refractivity contribution in [3.05, 3.63) is 11.6 Å². The third-order valence-corrected chi connectivity index (χ3v) is 3.72. The van der Waals surface area contributed by atoms with E-state index in [1.165, 1.54) is 5.57 Å². The number of rotatable bonds is 0. The molecule has 1 amide bonds. The lowest BCUT2D eigenvalue weighted by Crippen LogP contribution is -2.28. The van der Waals surface area contributed by atoms with Gasteiger partial charge in [-0.2, -0.15) is 0 Å². The van der Waals surface area contributed by atoms with Gasteiger partial charge in [0.1, 0.15) is 0 Å². The molecule has 0 aliphatic carbocycles. The van der Waals surface area contributed by atoms with Gasteiger partial charge in [0, 0.05) is 18.5 Å². The second-order valence-electron chi connectivity index (χ2n) is 4.33. The Morgan fingerprint density at radius 1 is 1.46 bits per heavy atom. The minimum atomic E-state index is 0.239. The summed E-state index contributed by atoms with van der Waals surface area (Å²) in [5, 5.41) is 0. The number of carbonyl (C=O) groups excluding carboxylic acids is 1. The number of hydrogen-bond acceptors (Lipinski definition) is 1. The Morgan fingerprint density at radius 3 is 2.69 bits per heavy atom. The van der Waals surface area contributed by atoms with Crippen LogP contribution >= 0.6 is 0 Å². The summed E-state index contributed by atoms with van der Waals surface area (Å²) in [7, 11) is 0. The average Bonchev–Trinajstić information content (AvgIpc) is 2.64. The van der Waals surface area contributed by atoms with E-state index in [1.54, 1.807) is 0 Å². The summed E-state index contributed by atoms with van der Waals surface area (Å²) in [6.45, 7) is 7.21. The molecule has 0 N–H and O–H groups in total. The number of carbonyl (C=O) groups is 1. The molecule has 13 heavy (non-hydrogen) atoms. The van der Waals surface area contributed by atoms with Crippen LogP contribution in [-0.2, 0) is 4.79 Å². The summed E-state index contributed by atoms with van der Waals surface area (Å²) in [4.78, 5) is 13.8. The molecular weight excluding hydrogens is 162 g/mol. The van der Waals surface area contributed by atoms with Crippen LogP contribution in [0.1, 0.15) is 27.2 Å². The van der Waals surface area contributed by atoms with Crippen LogP contribution in [0.3, 0.4) is 0 Å². The first-order valence-electron chi connectivity index (χ1n) is 5.09. The quantitative estimate of drug-likeness (QED) is 0.519. The van der Waals surface area contributed by atoms with Gasteiger partial charge < -0.3 is 4.90 Å². The Labute approximate surface area is 79.6 Å². The van der Waals surface area contributed by atoms with Crippen LogP contribution in [0, 0.1) is 11.8 Å². The molecule has 2 unspecified atom stereocenters. The maximum Gasteiger partial charge on any atom is 0.226 e. The van der Waals surface area contributed by atoms with E-state index in [1.807, 2.05) is 0 Å². The molecule has 0 bridgehead atoms. The third kappa shape index (κ3) is 1.11. The molecule has 2 nitrogen and oxygen atoms in total. The number of nitrogens with zero attached hydrogens (tertiary/aromatic N) is 1. The van der Waals surface area contributed by atoms with Crippen molar-refractivity contribution >= 4 is 5.91 Å². The third-order valence-electron chi connectivity index (χ3n) is 3.72. The van der Waals surface area contributed by atoms with Crippen LogP contribution in [0.5, 0.6) is 0 Å². The summed E-state index contributed by atoms with van der Waals surface area (Å²) in [6.07, 6.45) is 3.26. The molecule has 0 spiro atoms. The fourth-order valence-electron chi connectivity index (χ4n) is 2.52. The second-order valence-corrected chi connectivity index (χ2v) is 4.33. The van der Waals surface area contributed by atoms with Gasteiger partial charge in [-0.1, -0.05) is 25.5 Å². The standard InChI is InChI=1S/C11H17NO/c1-4-9-5-10-7(2)8(3)11(13)12(10)6-9/h4,7-8,10H,5-6H2,1-3H3/b9-4-/t7?,8?,10-/m0/s1. The van der Waals surface area contributed by atoms with Crippen molar-refractivity contribution in [1.82, 2.24) is 4.90 Å². The monoisotopic (exact) mass is 179 g/mol. The van der Waals surface area contributed by atoms with Crippen LogP contribution in [-0.4, -0.2) is 23.4 Å². The van der Waals surface area contributed by atoms with E-state index in [0.717, 1.165) is 13.0 Å². The molecule has 2 aliphatic rings. The SMILES string of the molecule is C/C=C1/C[C@H]2C(C)C(C)C(=O)N2C1. The van der Waals surface area contributed by atoms with Crippen molar-refractivity contribution in [2.75, 3.05) is 6.54 Å². The van der Waals surface area contributed by atoms with Gasteiger partial charge in [-0.3, -0.25) is 4.79 Å². The zero-order valence-corrected chi connectivity index (χ0v) is 8.58. The predicted octanol–water partition coefficient (Wildman–Crippen LogP) is 1.82. The number of allylic oxidation sites excluding steroid dienone is 1. The Hall–Kier alpha value is -0.790. The first-order chi connectivity index (χ1) is 6.15. The Kier molecular flexibility index (Phi) is 1.94. The van der Waals surface area contributed by atoms with Gasteiger partial charge in [-0.05, 0) is 19.3 Å². The van der Waals surface area contributed by atoms with Crippen LogP contribution in [0.4, 0.5) is 0 Å². The van der Waals surface area contributed by atoms with Gasteiger partial charge in [-0.25, -0.2) is 0 Å². The molecule has 3 atom stereocenters. The molecule has 2 rings (SSSR count). The van der Waals surface area contributed by atoms with Crippen molar-refractivity contribution in [3.8, 4) is 0 Å². The molecule has 72 valence electrons. The van der Waals surface area contributed by atoms with Gasteiger partial charge in [-0.15, -0.1) is 0 Å². The lowest BCUT2D eigenvalue weighted by Gasteiger charge is -2.16. The zero-order chi connectivity index (χ0) is 9.59. The molecule has 2 heterocycles. The predicted molar refractivity (Wildman–Crippen MR) is 52.2 cm³/mol. The molecule has 0 saturated carbocycles. The normalized spacial score (nSPS) is 41.8. The van der Waals surface area contributed by atoms with Crippen LogP contribution in [0.25, 0.3) is 0 Å². The lowest BCUT2D eigenvalue weighted by atomic mass is 9.91. The van der Waals surface area contributed by atoms with Crippen molar-refractivity contribution in [3.63, 3.8) is 0 Å². The molecule has 2 fully saturated rings. The van der Waals surface area contributed by atoms with Gasteiger partial charge in [0.2, 0.25) is 5.91 Å². The van der Waals surface area contributed by atoms with E-state index in [9.17, 15) is 4.79 Å². The zero-order valence-electron chi connectivity index (χ0n) is 8.58. The largest absolute Gasteiger partial charge is 0.335 e. The molecule has 2 heteroatoms.